The van der Waals surface area contributed by atoms with Crippen molar-refractivity contribution >= 4 is 40.2 Å². The van der Waals surface area contributed by atoms with Crippen molar-refractivity contribution in [1.82, 2.24) is 10.2 Å². The van der Waals surface area contributed by atoms with E-state index in [-0.39, 0.29) is 11.8 Å². The maximum absolute atomic E-state index is 12.7. The van der Waals surface area contributed by atoms with Gasteiger partial charge in [-0.1, -0.05) is 24.3 Å². The number of hydrogen-bond donors (Lipinski definition) is 1. The van der Waals surface area contributed by atoms with Gasteiger partial charge >= 0.3 is 0 Å². The summed E-state index contributed by atoms with van der Waals surface area (Å²) in [7, 11) is 0. The van der Waals surface area contributed by atoms with E-state index in [1.54, 1.807) is 17.4 Å². The second kappa shape index (κ2) is 8.44. The van der Waals surface area contributed by atoms with Crippen molar-refractivity contribution in [2.75, 3.05) is 19.6 Å². The highest BCUT2D eigenvalue weighted by Gasteiger charge is 2.25. The van der Waals surface area contributed by atoms with Crippen LogP contribution in [-0.2, 0) is 4.79 Å². The molecule has 2 aromatic heterocycles. The van der Waals surface area contributed by atoms with Crippen LogP contribution in [0.4, 0.5) is 0 Å². The Morgan fingerprint density at radius 3 is 2.75 bits per heavy atom. The first-order valence-corrected chi connectivity index (χ1v) is 10.3. The number of carbonyl (C=O) groups is 2. The third kappa shape index (κ3) is 4.34. The number of carbonyl (C=O) groups excluding carboxylic acids is 2. The van der Waals surface area contributed by atoms with Crippen LogP contribution in [0.2, 0.25) is 0 Å². The number of benzene rings is 1. The van der Waals surface area contributed by atoms with E-state index >= 15 is 0 Å². The number of piperidine rings is 1. The van der Waals surface area contributed by atoms with Gasteiger partial charge in [-0.2, -0.15) is 0 Å². The minimum Gasteiger partial charge on any atom is -0.451 e. The fourth-order valence-corrected chi connectivity index (χ4v) is 4.05. The van der Waals surface area contributed by atoms with Crippen LogP contribution in [0.1, 0.15) is 28.3 Å². The van der Waals surface area contributed by atoms with Gasteiger partial charge in [0, 0.05) is 36.0 Å². The number of likely N-dealkylation sites (tertiary alicyclic amines) is 1. The zero-order chi connectivity index (χ0) is 19.3. The second-order valence-electron chi connectivity index (χ2n) is 6.98. The van der Waals surface area contributed by atoms with E-state index in [4.69, 9.17) is 4.42 Å². The number of thiophene rings is 1. The molecule has 1 saturated heterocycles. The molecule has 5 nitrogen and oxygen atoms in total. The van der Waals surface area contributed by atoms with Crippen molar-refractivity contribution < 1.29 is 14.0 Å². The lowest BCUT2D eigenvalue weighted by molar-refractivity contribution is -0.116. The zero-order valence-electron chi connectivity index (χ0n) is 15.5. The van der Waals surface area contributed by atoms with Crippen LogP contribution in [0.25, 0.3) is 17.0 Å². The number of furan rings is 1. The van der Waals surface area contributed by atoms with Crippen LogP contribution < -0.4 is 5.32 Å². The molecule has 0 unspecified atom stereocenters. The van der Waals surface area contributed by atoms with E-state index in [9.17, 15) is 9.59 Å². The minimum absolute atomic E-state index is 0.0578. The molecule has 1 aliphatic heterocycles. The quantitative estimate of drug-likeness (QED) is 0.661. The van der Waals surface area contributed by atoms with Gasteiger partial charge in [-0.15, -0.1) is 11.3 Å². The Morgan fingerprint density at radius 1 is 1.18 bits per heavy atom. The topological polar surface area (TPSA) is 62.6 Å². The van der Waals surface area contributed by atoms with Crippen LogP contribution in [0, 0.1) is 5.92 Å². The molecule has 0 spiro atoms. The molecule has 4 rings (SSSR count). The SMILES string of the molecule is O=C(/C=C/c1cccs1)NCC1CCN(C(=O)c2cc3ccccc3o2)CC1. The molecular formula is C22H22N2O3S. The number of nitrogens with one attached hydrogen (secondary N) is 1. The molecule has 28 heavy (non-hydrogen) atoms. The number of nitrogens with zero attached hydrogens (tertiary/aromatic N) is 1. The van der Waals surface area contributed by atoms with E-state index in [0.29, 0.717) is 31.3 Å². The fourth-order valence-electron chi connectivity index (χ4n) is 3.43. The van der Waals surface area contributed by atoms with Crippen molar-refractivity contribution in [3.8, 4) is 0 Å². The van der Waals surface area contributed by atoms with Crippen LogP contribution in [0.15, 0.2) is 58.3 Å². The summed E-state index contributed by atoms with van der Waals surface area (Å²) in [6, 6.07) is 13.4. The maximum Gasteiger partial charge on any atom is 0.289 e. The van der Waals surface area contributed by atoms with Crippen LogP contribution in [0.5, 0.6) is 0 Å². The van der Waals surface area contributed by atoms with Gasteiger partial charge < -0.3 is 14.6 Å². The third-order valence-electron chi connectivity index (χ3n) is 5.05. The highest BCUT2D eigenvalue weighted by Crippen LogP contribution is 2.23. The average molecular weight is 394 g/mol. The molecular weight excluding hydrogens is 372 g/mol. The average Bonchev–Trinajstić information content (AvgIpc) is 3.40. The third-order valence-corrected chi connectivity index (χ3v) is 5.88. The summed E-state index contributed by atoms with van der Waals surface area (Å²) in [5, 5.41) is 5.89. The number of rotatable bonds is 5. The predicted octanol–water partition coefficient (Wildman–Crippen LogP) is 4.18. The van der Waals surface area contributed by atoms with Gasteiger partial charge in [0.25, 0.3) is 5.91 Å². The smallest absolute Gasteiger partial charge is 0.289 e. The Hall–Kier alpha value is -2.86. The van der Waals surface area contributed by atoms with Crippen molar-refractivity contribution in [2.24, 2.45) is 5.92 Å². The van der Waals surface area contributed by atoms with Gasteiger partial charge in [-0.25, -0.2) is 0 Å². The lowest BCUT2D eigenvalue weighted by atomic mass is 9.96. The van der Waals surface area contributed by atoms with Gasteiger partial charge in [0.05, 0.1) is 0 Å². The van der Waals surface area contributed by atoms with Gasteiger partial charge in [0.15, 0.2) is 5.76 Å². The largest absolute Gasteiger partial charge is 0.451 e. The van der Waals surface area contributed by atoms with Gasteiger partial charge in [0.1, 0.15) is 5.58 Å². The van der Waals surface area contributed by atoms with Crippen LogP contribution >= 0.6 is 11.3 Å². The lowest BCUT2D eigenvalue weighted by Crippen LogP contribution is -2.41. The molecule has 0 bridgehead atoms. The van der Waals surface area contributed by atoms with Crippen LogP contribution in [0.3, 0.4) is 0 Å². The van der Waals surface area contributed by atoms with Gasteiger partial charge in [-0.05, 0) is 48.4 Å². The number of amides is 2. The van der Waals surface area contributed by atoms with E-state index in [0.717, 1.165) is 28.7 Å². The Balaban J connectivity index is 1.25. The molecule has 1 fully saturated rings. The molecule has 0 radical (unpaired) electrons. The summed E-state index contributed by atoms with van der Waals surface area (Å²) in [5.74, 6) is 0.650. The van der Waals surface area contributed by atoms with Crippen LogP contribution in [-0.4, -0.2) is 36.3 Å². The molecule has 144 valence electrons. The maximum atomic E-state index is 12.7. The standard InChI is InChI=1S/C22H22N2O3S/c25-21(8-7-18-5-3-13-28-18)23-15-16-9-11-24(12-10-16)22(26)20-14-17-4-1-2-6-19(17)27-20/h1-8,13-14,16H,9-12,15H2,(H,23,25)/b8-7+. The Morgan fingerprint density at radius 2 is 2.00 bits per heavy atom. The predicted molar refractivity (Wildman–Crippen MR) is 111 cm³/mol. The van der Waals surface area contributed by atoms with E-state index in [1.165, 1.54) is 0 Å². The molecule has 3 heterocycles. The first-order valence-electron chi connectivity index (χ1n) is 9.46. The number of hydrogen-bond acceptors (Lipinski definition) is 4. The molecule has 3 aromatic rings. The summed E-state index contributed by atoms with van der Waals surface area (Å²) in [4.78, 5) is 27.6. The summed E-state index contributed by atoms with van der Waals surface area (Å²) < 4.78 is 5.69. The highest BCUT2D eigenvalue weighted by molar-refractivity contribution is 7.10. The van der Waals surface area contributed by atoms with Crippen molar-refractivity contribution in [2.45, 2.75) is 12.8 Å². The van der Waals surface area contributed by atoms with E-state index in [2.05, 4.69) is 5.32 Å². The van der Waals surface area contributed by atoms with Gasteiger partial charge in [-0.3, -0.25) is 9.59 Å². The minimum atomic E-state index is -0.0748. The van der Waals surface area contributed by atoms with E-state index in [1.807, 2.05) is 58.8 Å². The summed E-state index contributed by atoms with van der Waals surface area (Å²) in [6.07, 6.45) is 5.16. The lowest BCUT2D eigenvalue weighted by Gasteiger charge is -2.31. The van der Waals surface area contributed by atoms with Gasteiger partial charge in [0.2, 0.25) is 5.91 Å². The molecule has 0 atom stereocenters. The first-order chi connectivity index (χ1) is 13.7. The monoisotopic (exact) mass is 394 g/mol. The Kier molecular flexibility index (Phi) is 5.58. The second-order valence-corrected chi connectivity index (χ2v) is 7.96. The molecule has 0 aliphatic carbocycles. The van der Waals surface area contributed by atoms with Crippen molar-refractivity contribution in [3.63, 3.8) is 0 Å². The van der Waals surface area contributed by atoms with Crippen molar-refractivity contribution in [3.05, 3.63) is 64.6 Å². The zero-order valence-corrected chi connectivity index (χ0v) is 16.3. The Labute approximate surface area is 167 Å². The van der Waals surface area contributed by atoms with Crippen molar-refractivity contribution in [1.29, 1.82) is 0 Å². The van der Waals surface area contributed by atoms with E-state index < -0.39 is 0 Å². The molecule has 1 aliphatic rings. The number of fused-ring (bicyclic) bond motifs is 1. The normalized spacial score (nSPS) is 15.4. The summed E-state index contributed by atoms with van der Waals surface area (Å²) >= 11 is 1.60. The summed E-state index contributed by atoms with van der Waals surface area (Å²) in [5.41, 5.74) is 0.735. The molecule has 2 amide bonds. The molecule has 1 N–H and O–H groups in total. The molecule has 0 saturated carbocycles. The highest BCUT2D eigenvalue weighted by atomic mass is 32.1. The number of para-hydroxylation sites is 1. The molecule has 1 aromatic carbocycles. The fraction of sp³-hybridized carbons (Fsp3) is 0.273. The molecule has 6 heteroatoms. The summed E-state index contributed by atoms with van der Waals surface area (Å²) in [6.45, 7) is 2.00. The first kappa shape index (κ1) is 18.5. The Bertz CT molecular complexity index is 949.